The van der Waals surface area contributed by atoms with Gasteiger partial charge in [-0.15, -0.1) is 0 Å². The van der Waals surface area contributed by atoms with E-state index in [-0.39, 0.29) is 18.7 Å². The highest BCUT2D eigenvalue weighted by atomic mass is 16.6. The molecule has 2 heterocycles. The lowest BCUT2D eigenvalue weighted by molar-refractivity contribution is -0.138. The number of hydrogen-bond acceptors (Lipinski definition) is 4. The van der Waals surface area contributed by atoms with Crippen LogP contribution < -0.4 is 0 Å². The summed E-state index contributed by atoms with van der Waals surface area (Å²) in [6.07, 6.45) is -0.358. The first-order chi connectivity index (χ1) is 5.69. The third-order valence-electron chi connectivity index (χ3n) is 2.84. The second-order valence-electron chi connectivity index (χ2n) is 3.58. The van der Waals surface area contributed by atoms with Crippen molar-refractivity contribution < 1.29 is 19.7 Å². The first kappa shape index (κ1) is 8.50. The van der Waals surface area contributed by atoms with Gasteiger partial charge in [0, 0.05) is 6.42 Å². The molecule has 0 amide bonds. The van der Waals surface area contributed by atoms with Gasteiger partial charge in [-0.1, -0.05) is 0 Å². The molecular formula is C7H13BO4. The highest BCUT2D eigenvalue weighted by Crippen LogP contribution is 2.38. The minimum atomic E-state index is -0.748. The molecule has 2 fully saturated rings. The SMILES string of the molecule is B[C@@H]1O[C@@]2(CO)CCOC1C2O. The van der Waals surface area contributed by atoms with Crippen LogP contribution >= 0.6 is 0 Å². The van der Waals surface area contributed by atoms with Crippen molar-refractivity contribution >= 4 is 7.85 Å². The van der Waals surface area contributed by atoms with Gasteiger partial charge in [-0.3, -0.25) is 0 Å². The molecule has 2 saturated heterocycles. The predicted octanol–water partition coefficient (Wildman–Crippen LogP) is -2.14. The van der Waals surface area contributed by atoms with E-state index in [4.69, 9.17) is 14.6 Å². The van der Waals surface area contributed by atoms with E-state index < -0.39 is 11.7 Å². The molecule has 0 aromatic carbocycles. The first-order valence-electron chi connectivity index (χ1n) is 4.28. The monoisotopic (exact) mass is 172 g/mol. The fraction of sp³-hybridized carbons (Fsp3) is 1.00. The number of hydrogen-bond donors (Lipinski definition) is 2. The number of fused-ring (bicyclic) bond motifs is 2. The van der Waals surface area contributed by atoms with Crippen molar-refractivity contribution in [1.29, 1.82) is 0 Å². The van der Waals surface area contributed by atoms with Gasteiger partial charge in [-0.05, 0) is 0 Å². The lowest BCUT2D eigenvalue weighted by atomic mass is 9.86. The zero-order valence-corrected chi connectivity index (χ0v) is 7.06. The Morgan fingerprint density at radius 3 is 2.92 bits per heavy atom. The van der Waals surface area contributed by atoms with Crippen LogP contribution in [-0.2, 0) is 9.47 Å². The smallest absolute Gasteiger partial charge is 0.142 e. The summed E-state index contributed by atoms with van der Waals surface area (Å²) in [5.74, 6) is 0. The molecular weight excluding hydrogens is 159 g/mol. The summed E-state index contributed by atoms with van der Waals surface area (Å²) < 4.78 is 10.8. The molecule has 0 aromatic rings. The molecule has 0 spiro atoms. The van der Waals surface area contributed by atoms with Crippen LogP contribution in [0.1, 0.15) is 6.42 Å². The van der Waals surface area contributed by atoms with Crippen LogP contribution in [0.4, 0.5) is 0 Å². The van der Waals surface area contributed by atoms with Gasteiger partial charge < -0.3 is 19.7 Å². The molecule has 2 aliphatic heterocycles. The molecule has 5 heteroatoms. The molecule has 0 aromatic heterocycles. The van der Waals surface area contributed by atoms with Gasteiger partial charge in [-0.2, -0.15) is 0 Å². The van der Waals surface area contributed by atoms with Crippen molar-refractivity contribution in [3.8, 4) is 0 Å². The Morgan fingerprint density at radius 1 is 1.58 bits per heavy atom. The average Bonchev–Trinajstić information content (AvgIpc) is 2.23. The summed E-state index contributed by atoms with van der Waals surface area (Å²) in [6.45, 7) is 0.436. The van der Waals surface area contributed by atoms with E-state index in [0.29, 0.717) is 13.0 Å². The van der Waals surface area contributed by atoms with Crippen LogP contribution in [0.3, 0.4) is 0 Å². The van der Waals surface area contributed by atoms with Gasteiger partial charge in [0.2, 0.25) is 0 Å². The van der Waals surface area contributed by atoms with Crippen LogP contribution in [0.5, 0.6) is 0 Å². The van der Waals surface area contributed by atoms with E-state index in [1.54, 1.807) is 0 Å². The average molecular weight is 172 g/mol. The van der Waals surface area contributed by atoms with Gasteiger partial charge in [0.15, 0.2) is 0 Å². The van der Waals surface area contributed by atoms with Crippen LogP contribution in [0.25, 0.3) is 0 Å². The Morgan fingerprint density at radius 2 is 2.33 bits per heavy atom. The second kappa shape index (κ2) is 2.70. The zero-order chi connectivity index (χ0) is 8.77. The molecule has 4 nitrogen and oxygen atoms in total. The summed E-state index contributed by atoms with van der Waals surface area (Å²) >= 11 is 0. The summed E-state index contributed by atoms with van der Waals surface area (Å²) in [5, 5.41) is 18.8. The van der Waals surface area contributed by atoms with Gasteiger partial charge >= 0.3 is 0 Å². The number of ether oxygens (including phenoxy) is 2. The highest BCUT2D eigenvalue weighted by Gasteiger charge is 2.55. The second-order valence-corrected chi connectivity index (χ2v) is 3.58. The molecule has 2 aliphatic rings. The van der Waals surface area contributed by atoms with E-state index in [1.165, 1.54) is 0 Å². The van der Waals surface area contributed by atoms with Crippen molar-refractivity contribution in [3.05, 3.63) is 0 Å². The van der Waals surface area contributed by atoms with Crippen LogP contribution in [-0.4, -0.2) is 55.1 Å². The third-order valence-corrected chi connectivity index (χ3v) is 2.84. The van der Waals surface area contributed by atoms with Gasteiger partial charge in [0.25, 0.3) is 0 Å². The van der Waals surface area contributed by atoms with Crippen molar-refractivity contribution in [3.63, 3.8) is 0 Å². The lowest BCUT2D eigenvalue weighted by Crippen LogP contribution is -2.51. The molecule has 0 aliphatic carbocycles. The predicted molar refractivity (Wildman–Crippen MR) is 43.6 cm³/mol. The molecule has 12 heavy (non-hydrogen) atoms. The Kier molecular flexibility index (Phi) is 1.91. The maximum atomic E-state index is 9.72. The van der Waals surface area contributed by atoms with E-state index in [2.05, 4.69) is 0 Å². The Balaban J connectivity index is 2.24. The van der Waals surface area contributed by atoms with Crippen LogP contribution in [0.2, 0.25) is 0 Å². The van der Waals surface area contributed by atoms with Gasteiger partial charge in [0.1, 0.15) is 25.7 Å². The topological polar surface area (TPSA) is 58.9 Å². The molecule has 2 rings (SSSR count). The maximum Gasteiger partial charge on any atom is 0.142 e. The molecule has 2 unspecified atom stereocenters. The highest BCUT2D eigenvalue weighted by molar-refractivity contribution is 6.11. The van der Waals surface area contributed by atoms with Gasteiger partial charge in [0.05, 0.1) is 19.2 Å². The quantitative estimate of drug-likeness (QED) is 0.443. The first-order valence-corrected chi connectivity index (χ1v) is 4.28. The largest absolute Gasteiger partial charge is 0.393 e. The Hall–Kier alpha value is -0.0951. The van der Waals surface area contributed by atoms with Gasteiger partial charge in [-0.25, -0.2) is 0 Å². The molecule has 0 saturated carbocycles. The minimum Gasteiger partial charge on any atom is -0.393 e. The minimum absolute atomic E-state index is 0.116. The van der Waals surface area contributed by atoms with E-state index >= 15 is 0 Å². The molecule has 2 N–H and O–H groups in total. The molecule has 2 bridgehead atoms. The van der Waals surface area contributed by atoms with Crippen molar-refractivity contribution in [2.24, 2.45) is 0 Å². The Labute approximate surface area is 71.9 Å². The van der Waals surface area contributed by atoms with E-state index in [9.17, 15) is 5.11 Å². The summed E-state index contributed by atoms with van der Waals surface area (Å²) in [5.41, 5.74) is -0.748. The standard InChI is InChI=1S/C7H13BO4/c8-6-4-5(10)7(3-9,12-6)1-2-11-4/h4-6,9-10H,1-3,8H2/t4?,5?,6-,7-/m1/s1. The number of rotatable bonds is 1. The molecule has 4 atom stereocenters. The van der Waals surface area contributed by atoms with Crippen molar-refractivity contribution in [2.75, 3.05) is 13.2 Å². The van der Waals surface area contributed by atoms with Crippen molar-refractivity contribution in [2.45, 2.75) is 30.2 Å². The molecule has 68 valence electrons. The van der Waals surface area contributed by atoms with Crippen LogP contribution in [0, 0.1) is 0 Å². The zero-order valence-electron chi connectivity index (χ0n) is 7.06. The van der Waals surface area contributed by atoms with Crippen molar-refractivity contribution in [1.82, 2.24) is 0 Å². The van der Waals surface area contributed by atoms with E-state index in [0.717, 1.165) is 0 Å². The van der Waals surface area contributed by atoms with E-state index in [1.807, 2.05) is 7.85 Å². The number of aliphatic hydroxyl groups excluding tert-OH is 2. The lowest BCUT2D eigenvalue weighted by Gasteiger charge is -2.34. The maximum absolute atomic E-state index is 9.72. The fourth-order valence-corrected chi connectivity index (χ4v) is 2.07. The summed E-state index contributed by atoms with van der Waals surface area (Å²) in [4.78, 5) is 0. The fourth-order valence-electron chi connectivity index (χ4n) is 2.07. The normalized spacial score (nSPS) is 52.7. The summed E-state index contributed by atoms with van der Waals surface area (Å²) in [6, 6.07) is -0.116. The molecule has 0 radical (unpaired) electrons. The summed E-state index contributed by atoms with van der Waals surface area (Å²) in [7, 11) is 1.86. The van der Waals surface area contributed by atoms with Crippen LogP contribution in [0.15, 0.2) is 0 Å². The Bertz CT molecular complexity index is 188. The number of aliphatic hydroxyl groups is 2. The third kappa shape index (κ3) is 0.940.